The fourth-order valence-corrected chi connectivity index (χ4v) is 5.47. The van der Waals surface area contributed by atoms with Gasteiger partial charge in [-0.15, -0.1) is 0 Å². The second kappa shape index (κ2) is 7.84. The highest BCUT2D eigenvalue weighted by atomic mass is 15.1. The first-order chi connectivity index (χ1) is 19.8. The highest BCUT2D eigenvalue weighted by Crippen LogP contribution is 2.36. The van der Waals surface area contributed by atoms with E-state index >= 15 is 0 Å². The lowest BCUT2D eigenvalue weighted by molar-refractivity contribution is 1.15. The highest BCUT2D eigenvalue weighted by molar-refractivity contribution is 6.07. The Kier molecular flexibility index (Phi) is 4.14. The van der Waals surface area contributed by atoms with E-state index in [-0.39, 0.29) is 0 Å². The average Bonchev–Trinajstić information content (AvgIpc) is 3.73. The van der Waals surface area contributed by atoms with Gasteiger partial charge in [0.25, 0.3) is 0 Å². The van der Waals surface area contributed by atoms with Crippen LogP contribution >= 0.6 is 0 Å². The molecule has 7 aromatic rings. The maximum Gasteiger partial charge on any atom is 0.183 e. The summed E-state index contributed by atoms with van der Waals surface area (Å²) in [4.78, 5) is 41.1. The smallest absolute Gasteiger partial charge is 0.183 e. The lowest BCUT2D eigenvalue weighted by atomic mass is 10.1. The molecule has 0 fully saturated rings. The van der Waals surface area contributed by atoms with Crippen molar-refractivity contribution in [3.05, 3.63) is 91.1 Å². The Hall–Kier alpha value is -5.83. The summed E-state index contributed by atoms with van der Waals surface area (Å²) in [5.41, 5.74) is 5.99. The first-order valence-electron chi connectivity index (χ1n) is 12.9. The van der Waals surface area contributed by atoms with E-state index in [4.69, 9.17) is 29.9 Å². The Bertz CT molecular complexity index is 2190. The third kappa shape index (κ3) is 2.99. The van der Waals surface area contributed by atoms with Crippen LogP contribution in [0.15, 0.2) is 91.1 Å². The number of aromatic amines is 2. The quantitative estimate of drug-likeness (QED) is 0.244. The number of aromatic nitrogens is 9. The van der Waals surface area contributed by atoms with E-state index in [1.54, 1.807) is 6.20 Å². The van der Waals surface area contributed by atoms with Crippen molar-refractivity contribution < 1.29 is 0 Å². The van der Waals surface area contributed by atoms with Gasteiger partial charge in [-0.25, -0.2) is 29.9 Å². The second-order valence-corrected chi connectivity index (χ2v) is 9.65. The van der Waals surface area contributed by atoms with Gasteiger partial charge in [-0.2, -0.15) is 0 Å². The van der Waals surface area contributed by atoms with Gasteiger partial charge in [0.15, 0.2) is 23.3 Å². The van der Waals surface area contributed by atoms with Gasteiger partial charge in [0.1, 0.15) is 28.3 Å². The number of hydrogen-bond donors (Lipinski definition) is 2. The lowest BCUT2D eigenvalue weighted by Gasteiger charge is -1.97. The van der Waals surface area contributed by atoms with E-state index < -0.39 is 0 Å². The molecule has 4 aromatic heterocycles. The molecule has 0 saturated carbocycles. The third-order valence-corrected chi connectivity index (χ3v) is 7.31. The predicted molar refractivity (Wildman–Crippen MR) is 154 cm³/mol. The molecule has 2 aliphatic rings. The van der Waals surface area contributed by atoms with E-state index in [9.17, 15) is 0 Å². The monoisotopic (exact) mass is 515 g/mol. The number of hydrogen-bond acceptors (Lipinski definition) is 7. The van der Waals surface area contributed by atoms with Crippen LogP contribution < -0.4 is 0 Å². The summed E-state index contributed by atoms with van der Waals surface area (Å²) >= 11 is 0. The van der Waals surface area contributed by atoms with Crippen LogP contribution in [0.5, 0.6) is 0 Å². The molecule has 6 heterocycles. The Labute approximate surface area is 225 Å². The van der Waals surface area contributed by atoms with Crippen LogP contribution in [0.3, 0.4) is 0 Å². The van der Waals surface area contributed by atoms with Gasteiger partial charge in [-0.3, -0.25) is 4.98 Å². The van der Waals surface area contributed by atoms with E-state index in [1.807, 2.05) is 84.9 Å². The second-order valence-electron chi connectivity index (χ2n) is 9.65. The minimum atomic E-state index is 0.463. The van der Waals surface area contributed by atoms with Crippen molar-refractivity contribution >= 4 is 44.1 Å². The molecule has 2 N–H and O–H groups in total. The molecule has 0 amide bonds. The Morgan fingerprint density at radius 2 is 0.800 bits per heavy atom. The summed E-state index contributed by atoms with van der Waals surface area (Å²) in [7, 11) is 0. The number of H-pyrrole nitrogens is 2. The number of benzene rings is 3. The summed E-state index contributed by atoms with van der Waals surface area (Å²) < 4.78 is 0. The molecule has 9 rings (SSSR count). The maximum atomic E-state index is 5.05. The van der Waals surface area contributed by atoms with Crippen LogP contribution in [0.25, 0.3) is 89.8 Å². The Morgan fingerprint density at radius 1 is 0.375 bits per heavy atom. The van der Waals surface area contributed by atoms with Gasteiger partial charge in [0.05, 0.1) is 0 Å². The molecule has 40 heavy (non-hydrogen) atoms. The predicted octanol–water partition coefficient (Wildman–Crippen LogP) is 6.26. The van der Waals surface area contributed by atoms with Crippen LogP contribution in [0, 0.1) is 0 Å². The van der Waals surface area contributed by atoms with E-state index in [0.29, 0.717) is 51.6 Å². The van der Waals surface area contributed by atoms with Crippen LogP contribution in [0.1, 0.15) is 0 Å². The summed E-state index contributed by atoms with van der Waals surface area (Å²) in [6.07, 6.45) is 1.74. The topological polar surface area (TPSA) is 122 Å². The number of pyridine rings is 1. The fraction of sp³-hybridized carbons (Fsp3) is 0. The molecule has 0 unspecified atom stereocenters. The van der Waals surface area contributed by atoms with E-state index in [1.165, 1.54) is 0 Å². The molecule has 9 nitrogen and oxygen atoms in total. The zero-order chi connectivity index (χ0) is 26.2. The summed E-state index contributed by atoms with van der Waals surface area (Å²) in [5.74, 6) is 2.10. The number of nitrogens with zero attached hydrogens (tertiary/aromatic N) is 7. The Morgan fingerprint density at radius 3 is 1.38 bits per heavy atom. The third-order valence-electron chi connectivity index (χ3n) is 7.31. The summed E-state index contributed by atoms with van der Waals surface area (Å²) in [6.45, 7) is 0. The van der Waals surface area contributed by atoms with Crippen LogP contribution in [-0.4, -0.2) is 44.9 Å². The number of nitrogens with one attached hydrogen (secondary N) is 2. The molecule has 2 aliphatic heterocycles. The number of fused-ring (bicyclic) bond motifs is 20. The molecule has 0 aliphatic carbocycles. The zero-order valence-corrected chi connectivity index (χ0v) is 20.8. The van der Waals surface area contributed by atoms with Crippen molar-refractivity contribution in [1.29, 1.82) is 0 Å². The molecule has 0 spiro atoms. The van der Waals surface area contributed by atoms with Gasteiger partial charge in [-0.1, -0.05) is 72.8 Å². The van der Waals surface area contributed by atoms with Crippen molar-refractivity contribution in [2.45, 2.75) is 0 Å². The molecule has 0 atom stereocenters. The molecule has 3 aromatic carbocycles. The van der Waals surface area contributed by atoms with Gasteiger partial charge < -0.3 is 9.97 Å². The van der Waals surface area contributed by atoms with E-state index in [2.05, 4.69) is 15.0 Å². The standard InChI is InChI=1S/C31H17N9/c1-2-9-17-16(8-1)24-33-25(17)35-27-20-12-5-6-13-21(20)29(37-27)39-31-23-22(14-7-15-32-23)30(40-31)38-28-19-11-4-3-10-18(19)26(34-24)36-28/h1-15H,(H2,33,34,35,36,37,38,39,40). The van der Waals surface area contributed by atoms with Crippen LogP contribution in [-0.2, 0) is 0 Å². The zero-order valence-electron chi connectivity index (χ0n) is 20.8. The Balaban J connectivity index is 1.51. The highest BCUT2D eigenvalue weighted by Gasteiger charge is 2.24. The molecule has 0 radical (unpaired) electrons. The lowest BCUT2D eigenvalue weighted by Crippen LogP contribution is -1.87. The SMILES string of the molecule is c1ccc2c(c1)-c1nc-2nc2[nH]c(nc3[nH]c(nc4nc(n1)-c1ncccc1-4)c1ccccc31)c1ccccc21. The molecular weight excluding hydrogens is 498 g/mol. The minimum absolute atomic E-state index is 0.463. The normalized spacial score (nSPS) is 12.0. The van der Waals surface area contributed by atoms with Gasteiger partial charge in [0.2, 0.25) is 0 Å². The molecule has 9 heteroatoms. The van der Waals surface area contributed by atoms with Crippen molar-refractivity contribution in [2.24, 2.45) is 0 Å². The minimum Gasteiger partial charge on any atom is -0.324 e. The first kappa shape index (κ1) is 21.1. The van der Waals surface area contributed by atoms with Gasteiger partial charge in [-0.05, 0) is 12.1 Å². The molecule has 186 valence electrons. The summed E-state index contributed by atoms with van der Waals surface area (Å²) in [5, 5.41) is 3.81. The van der Waals surface area contributed by atoms with Crippen molar-refractivity contribution in [3.8, 4) is 45.7 Å². The van der Waals surface area contributed by atoms with Crippen LogP contribution in [0.2, 0.25) is 0 Å². The fourth-order valence-electron chi connectivity index (χ4n) is 5.47. The van der Waals surface area contributed by atoms with E-state index in [0.717, 1.165) is 38.2 Å². The first-order valence-corrected chi connectivity index (χ1v) is 12.9. The largest absolute Gasteiger partial charge is 0.324 e. The maximum absolute atomic E-state index is 5.05. The molecule has 8 bridgehead atoms. The summed E-state index contributed by atoms with van der Waals surface area (Å²) in [6, 6.07) is 27.9. The molecule has 0 saturated heterocycles. The van der Waals surface area contributed by atoms with Crippen molar-refractivity contribution in [2.75, 3.05) is 0 Å². The van der Waals surface area contributed by atoms with Gasteiger partial charge >= 0.3 is 0 Å². The number of rotatable bonds is 0. The van der Waals surface area contributed by atoms with Gasteiger partial charge in [0, 0.05) is 44.4 Å². The molecular formula is C31H17N9. The van der Waals surface area contributed by atoms with Crippen LogP contribution in [0.4, 0.5) is 0 Å². The average molecular weight is 516 g/mol. The van der Waals surface area contributed by atoms with Crippen molar-refractivity contribution in [1.82, 2.24) is 44.9 Å². The van der Waals surface area contributed by atoms with Crippen molar-refractivity contribution in [3.63, 3.8) is 0 Å².